The molecule has 0 spiro atoms. The van der Waals surface area contributed by atoms with E-state index in [1.807, 2.05) is 6.07 Å². The van der Waals surface area contributed by atoms with Crippen molar-refractivity contribution in [3.63, 3.8) is 0 Å². The summed E-state index contributed by atoms with van der Waals surface area (Å²) in [4.78, 5) is 0. The van der Waals surface area contributed by atoms with E-state index in [4.69, 9.17) is 0 Å². The molecule has 0 aromatic heterocycles. The summed E-state index contributed by atoms with van der Waals surface area (Å²) >= 11 is 0. The highest BCUT2D eigenvalue weighted by Crippen LogP contribution is 2.55. The van der Waals surface area contributed by atoms with Crippen LogP contribution in [0.15, 0.2) is 24.3 Å². The molecule has 4 aliphatic carbocycles. The molecule has 0 atom stereocenters. The SMILES string of the molecule is Fc1cccc(CCNCCNC23CC4CC(CC(C4)C2)C3)c1. The highest BCUT2D eigenvalue weighted by atomic mass is 19.1. The van der Waals surface area contributed by atoms with Gasteiger partial charge in [-0.05, 0) is 86.9 Å². The van der Waals surface area contributed by atoms with E-state index in [9.17, 15) is 4.39 Å². The lowest BCUT2D eigenvalue weighted by Gasteiger charge is -2.57. The van der Waals surface area contributed by atoms with Gasteiger partial charge in [0.1, 0.15) is 5.82 Å². The zero-order valence-electron chi connectivity index (χ0n) is 14.0. The van der Waals surface area contributed by atoms with E-state index in [0.717, 1.165) is 49.4 Å². The maximum atomic E-state index is 13.1. The first-order valence-electron chi connectivity index (χ1n) is 9.41. The number of nitrogens with one attached hydrogen (secondary N) is 2. The Kier molecular flexibility index (Phi) is 4.42. The van der Waals surface area contributed by atoms with E-state index in [1.165, 1.54) is 44.6 Å². The Morgan fingerprint density at radius 3 is 2.30 bits per heavy atom. The Bertz CT molecular complexity index is 507. The summed E-state index contributed by atoms with van der Waals surface area (Å²) in [5, 5.41) is 7.41. The van der Waals surface area contributed by atoms with E-state index >= 15 is 0 Å². The Morgan fingerprint density at radius 1 is 0.957 bits per heavy atom. The van der Waals surface area contributed by atoms with Crippen LogP contribution >= 0.6 is 0 Å². The minimum atomic E-state index is -0.133. The number of hydrogen-bond donors (Lipinski definition) is 2. The van der Waals surface area contributed by atoms with Crippen LogP contribution < -0.4 is 10.6 Å². The maximum absolute atomic E-state index is 13.1. The van der Waals surface area contributed by atoms with Gasteiger partial charge in [-0.15, -0.1) is 0 Å². The third-order valence-corrected chi connectivity index (χ3v) is 6.32. The summed E-state index contributed by atoms with van der Waals surface area (Å²) in [7, 11) is 0. The lowest BCUT2D eigenvalue weighted by Crippen LogP contribution is -2.59. The molecule has 2 nitrogen and oxygen atoms in total. The standard InChI is InChI=1S/C20H29FN2/c21-19-3-1-2-15(11-19)4-5-22-6-7-23-20-12-16-8-17(13-20)10-18(9-16)14-20/h1-3,11,16-18,22-23H,4-10,12-14H2. The molecule has 2 N–H and O–H groups in total. The molecular formula is C20H29FN2. The first-order chi connectivity index (χ1) is 11.2. The second kappa shape index (κ2) is 6.52. The van der Waals surface area contributed by atoms with Crippen molar-refractivity contribution in [1.82, 2.24) is 10.6 Å². The van der Waals surface area contributed by atoms with E-state index < -0.39 is 0 Å². The van der Waals surface area contributed by atoms with Crippen LogP contribution in [0.2, 0.25) is 0 Å². The molecular weight excluding hydrogens is 287 g/mol. The van der Waals surface area contributed by atoms with Crippen molar-refractivity contribution in [2.24, 2.45) is 17.8 Å². The van der Waals surface area contributed by atoms with Gasteiger partial charge in [0.05, 0.1) is 0 Å². The molecule has 0 heterocycles. The minimum absolute atomic E-state index is 0.133. The van der Waals surface area contributed by atoms with Gasteiger partial charge in [0.25, 0.3) is 0 Å². The third kappa shape index (κ3) is 3.61. The predicted octanol–water partition coefficient (Wildman–Crippen LogP) is 3.52. The number of hydrogen-bond acceptors (Lipinski definition) is 2. The van der Waals surface area contributed by atoms with Crippen LogP contribution in [0.4, 0.5) is 4.39 Å². The molecule has 0 saturated heterocycles. The largest absolute Gasteiger partial charge is 0.315 e. The topological polar surface area (TPSA) is 24.1 Å². The van der Waals surface area contributed by atoms with Gasteiger partial charge in [0.15, 0.2) is 0 Å². The average Bonchev–Trinajstić information content (AvgIpc) is 2.49. The molecule has 4 fully saturated rings. The fraction of sp³-hybridized carbons (Fsp3) is 0.700. The summed E-state index contributed by atoms with van der Waals surface area (Å²) in [6.45, 7) is 3.00. The van der Waals surface area contributed by atoms with Crippen molar-refractivity contribution in [3.8, 4) is 0 Å². The lowest BCUT2D eigenvalue weighted by atomic mass is 9.53. The first kappa shape index (κ1) is 15.6. The van der Waals surface area contributed by atoms with Gasteiger partial charge in [-0.1, -0.05) is 12.1 Å². The molecule has 3 heteroatoms. The van der Waals surface area contributed by atoms with E-state index in [0.29, 0.717) is 5.54 Å². The number of halogens is 1. The smallest absolute Gasteiger partial charge is 0.123 e. The molecule has 0 aliphatic heterocycles. The van der Waals surface area contributed by atoms with E-state index in [-0.39, 0.29) is 5.82 Å². The van der Waals surface area contributed by atoms with Crippen LogP contribution in [0.25, 0.3) is 0 Å². The van der Waals surface area contributed by atoms with Crippen LogP contribution in [-0.4, -0.2) is 25.2 Å². The van der Waals surface area contributed by atoms with Gasteiger partial charge in [-0.2, -0.15) is 0 Å². The first-order valence-corrected chi connectivity index (χ1v) is 9.41. The molecule has 0 unspecified atom stereocenters. The van der Waals surface area contributed by atoms with Gasteiger partial charge in [0.2, 0.25) is 0 Å². The fourth-order valence-electron chi connectivity index (χ4n) is 5.79. The Labute approximate surface area is 139 Å². The zero-order valence-corrected chi connectivity index (χ0v) is 14.0. The number of rotatable bonds is 7. The van der Waals surface area contributed by atoms with Crippen LogP contribution in [-0.2, 0) is 6.42 Å². The average molecular weight is 316 g/mol. The van der Waals surface area contributed by atoms with Crippen molar-refractivity contribution < 1.29 is 4.39 Å². The van der Waals surface area contributed by atoms with Crippen LogP contribution in [0.5, 0.6) is 0 Å². The van der Waals surface area contributed by atoms with Crippen molar-refractivity contribution in [2.45, 2.75) is 50.5 Å². The summed E-state index contributed by atoms with van der Waals surface area (Å²) in [6.07, 6.45) is 9.68. The van der Waals surface area contributed by atoms with Crippen LogP contribution in [0.1, 0.15) is 44.1 Å². The van der Waals surface area contributed by atoms with Gasteiger partial charge < -0.3 is 10.6 Å². The van der Waals surface area contributed by atoms with Crippen molar-refractivity contribution in [3.05, 3.63) is 35.6 Å². The molecule has 0 radical (unpaired) electrons. The van der Waals surface area contributed by atoms with E-state index in [2.05, 4.69) is 10.6 Å². The van der Waals surface area contributed by atoms with Crippen molar-refractivity contribution in [2.75, 3.05) is 19.6 Å². The third-order valence-electron chi connectivity index (χ3n) is 6.32. The summed E-state index contributed by atoms with van der Waals surface area (Å²) in [5.74, 6) is 2.89. The Balaban J connectivity index is 1.17. The molecule has 4 aliphatic rings. The molecule has 5 rings (SSSR count). The number of benzene rings is 1. The Morgan fingerprint density at radius 2 is 1.65 bits per heavy atom. The Hall–Kier alpha value is -0.930. The molecule has 1 aromatic rings. The minimum Gasteiger partial charge on any atom is -0.315 e. The summed E-state index contributed by atoms with van der Waals surface area (Å²) < 4.78 is 13.1. The predicted molar refractivity (Wildman–Crippen MR) is 91.9 cm³/mol. The van der Waals surface area contributed by atoms with Gasteiger partial charge in [-0.25, -0.2) is 4.39 Å². The van der Waals surface area contributed by atoms with Crippen LogP contribution in [0.3, 0.4) is 0 Å². The monoisotopic (exact) mass is 316 g/mol. The molecule has 4 bridgehead atoms. The quantitative estimate of drug-likeness (QED) is 0.752. The van der Waals surface area contributed by atoms with Crippen molar-refractivity contribution in [1.29, 1.82) is 0 Å². The summed E-state index contributed by atoms with van der Waals surface area (Å²) in [5.41, 5.74) is 1.55. The molecule has 23 heavy (non-hydrogen) atoms. The second-order valence-electron chi connectivity index (χ2n) is 8.25. The lowest BCUT2D eigenvalue weighted by molar-refractivity contribution is -0.0192. The van der Waals surface area contributed by atoms with E-state index in [1.54, 1.807) is 12.1 Å². The second-order valence-corrected chi connectivity index (χ2v) is 8.25. The van der Waals surface area contributed by atoms with Gasteiger partial charge in [-0.3, -0.25) is 0 Å². The highest BCUT2D eigenvalue weighted by molar-refractivity contribution is 5.16. The van der Waals surface area contributed by atoms with Crippen LogP contribution in [0, 0.1) is 23.6 Å². The van der Waals surface area contributed by atoms with Gasteiger partial charge >= 0.3 is 0 Å². The maximum Gasteiger partial charge on any atom is 0.123 e. The summed E-state index contributed by atoms with van der Waals surface area (Å²) in [6, 6.07) is 6.93. The molecule has 4 saturated carbocycles. The zero-order chi connectivity index (χ0) is 15.7. The highest BCUT2D eigenvalue weighted by Gasteiger charge is 2.50. The fourth-order valence-corrected chi connectivity index (χ4v) is 5.79. The van der Waals surface area contributed by atoms with Gasteiger partial charge in [0, 0.05) is 18.6 Å². The molecule has 126 valence electrons. The molecule has 1 aromatic carbocycles. The van der Waals surface area contributed by atoms with Crippen molar-refractivity contribution >= 4 is 0 Å². The molecule has 0 amide bonds. The normalized spacial score (nSPS) is 34.9.